The summed E-state index contributed by atoms with van der Waals surface area (Å²) < 4.78 is 26.6. The predicted molar refractivity (Wildman–Crippen MR) is 269 cm³/mol. The van der Waals surface area contributed by atoms with E-state index in [1.54, 1.807) is 0 Å². The van der Waals surface area contributed by atoms with Crippen LogP contribution >= 0.6 is 0 Å². The van der Waals surface area contributed by atoms with Crippen LogP contribution in [0.5, 0.6) is 0 Å². The normalized spacial score (nSPS) is 47.3. The van der Waals surface area contributed by atoms with E-state index in [1.807, 2.05) is 55.5 Å². The summed E-state index contributed by atoms with van der Waals surface area (Å²) in [5.41, 5.74) is -0.658. The van der Waals surface area contributed by atoms with Crippen molar-refractivity contribution in [2.75, 3.05) is 0 Å². The lowest BCUT2D eigenvalue weighted by Gasteiger charge is -2.51. The second-order valence-corrected chi connectivity index (χ2v) is 22.0. The number of aliphatic hydroxyl groups excluding tert-OH is 1. The van der Waals surface area contributed by atoms with Crippen LogP contribution in [0.15, 0.2) is 85.1 Å². The van der Waals surface area contributed by atoms with Gasteiger partial charge in [0.15, 0.2) is 6.29 Å². The smallest absolute Gasteiger partial charge is 0.306 e. The fourth-order valence-electron chi connectivity index (χ4n) is 10.6. The summed E-state index contributed by atoms with van der Waals surface area (Å²) in [5.74, 6) is 4.68. The molecular formula is C58H96O6. The van der Waals surface area contributed by atoms with Crippen molar-refractivity contribution >= 4 is 5.97 Å². The van der Waals surface area contributed by atoms with Gasteiger partial charge in [0.1, 0.15) is 6.10 Å². The highest BCUT2D eigenvalue weighted by molar-refractivity contribution is 5.69. The second-order valence-electron chi connectivity index (χ2n) is 22.0. The number of fused-ring (bicyclic) bond motifs is 2. The van der Waals surface area contributed by atoms with E-state index in [1.165, 1.54) is 6.42 Å². The molecule has 3 rings (SSSR count). The van der Waals surface area contributed by atoms with E-state index in [2.05, 4.69) is 140 Å². The quantitative estimate of drug-likeness (QED) is 0.279. The molecule has 0 spiro atoms. The molecule has 2 saturated heterocycles. The molecule has 0 radical (unpaired) electrons. The molecule has 0 saturated carbocycles. The van der Waals surface area contributed by atoms with Gasteiger partial charge in [-0.1, -0.05) is 188 Å². The Labute approximate surface area is 393 Å². The number of allylic oxidation sites excluding steroid dienone is 13. The Morgan fingerprint density at radius 1 is 0.547 bits per heavy atom. The predicted octanol–water partition coefficient (Wildman–Crippen LogP) is 14.5. The van der Waals surface area contributed by atoms with E-state index in [0.29, 0.717) is 60.2 Å². The monoisotopic (exact) mass is 889 g/mol. The maximum Gasteiger partial charge on any atom is 0.306 e. The molecule has 0 aromatic carbocycles. The molecule has 364 valence electrons. The Hall–Kier alpha value is -2.51. The summed E-state index contributed by atoms with van der Waals surface area (Å²) in [5, 5.41) is 11.8. The average Bonchev–Trinajstić information content (AvgIpc) is 3.23. The highest BCUT2D eigenvalue weighted by Gasteiger charge is 2.49. The molecule has 0 aromatic heterocycles. The standard InChI is InChI=1S/C58H96O6/c1-38-31-32-41(4)43(6)34-40(3)37-58(16)56(60)49(12)48(11)54(64-58)36-53(63-57-50(13)45(8)47(10)52(15)62-57)30-28-26-24-22-20-18-17-19-21-23-25-27-29-42(5)44(7)46(9)51(14)61-55(59)35-39(2)33-38/h17-30,38-54,56-57,60H,31-37H2,1-16H3/b18-17+,21-19+,22-20+,25-23+,26-24+,29-27+,30-28+/t38-,39-,40+,41-,42+,43-,44-,45?,46-,47?,48-,49-,50?,51+,52?,53+,54+,56?,57?,58?/m1/s1. The highest BCUT2D eigenvalue weighted by Crippen LogP contribution is 2.44. The lowest BCUT2D eigenvalue weighted by atomic mass is 9.71. The number of hydrogen-bond acceptors (Lipinski definition) is 6. The molecule has 0 amide bonds. The number of esters is 1. The van der Waals surface area contributed by atoms with Crippen molar-refractivity contribution in [3.05, 3.63) is 85.1 Å². The van der Waals surface area contributed by atoms with Gasteiger partial charge in [-0.2, -0.15) is 0 Å². The van der Waals surface area contributed by atoms with Gasteiger partial charge in [-0.3, -0.25) is 4.79 Å². The second kappa shape index (κ2) is 27.3. The van der Waals surface area contributed by atoms with Crippen molar-refractivity contribution in [2.24, 2.45) is 76.9 Å². The topological polar surface area (TPSA) is 74.2 Å². The SMILES string of the molecule is CC1OC(O[C@H]2/C=C/C=C/C=C/C=C/C=C/C=C/C=C/[C@H](C)[C@@H](C)[C@@H](C)[C@H](C)OC(=O)C[C@H](C)C[C@H](C)CC[C@@H](C)[C@H](C)C[C@H](C)CC3(C)O[C@@H](C2)[C@H](C)[C@@H](C)C3O)C(C)C(C)C1C. The van der Waals surface area contributed by atoms with Crippen LogP contribution in [0.25, 0.3) is 0 Å². The summed E-state index contributed by atoms with van der Waals surface area (Å²) in [6, 6.07) is 0. The Balaban J connectivity index is 1.84. The van der Waals surface area contributed by atoms with E-state index in [4.69, 9.17) is 18.9 Å². The van der Waals surface area contributed by atoms with E-state index in [0.717, 1.165) is 25.7 Å². The van der Waals surface area contributed by atoms with Crippen molar-refractivity contribution in [1.82, 2.24) is 0 Å². The van der Waals surface area contributed by atoms with Crippen molar-refractivity contribution in [1.29, 1.82) is 0 Å². The van der Waals surface area contributed by atoms with Crippen LogP contribution in [0.4, 0.5) is 0 Å². The van der Waals surface area contributed by atoms with E-state index < -0.39 is 11.7 Å². The number of ether oxygens (including phenoxy) is 4. The lowest BCUT2D eigenvalue weighted by molar-refractivity contribution is -0.267. The van der Waals surface area contributed by atoms with Gasteiger partial charge in [-0.25, -0.2) is 0 Å². The minimum absolute atomic E-state index is 0.0759. The van der Waals surface area contributed by atoms with Gasteiger partial charge in [0.2, 0.25) is 0 Å². The minimum Gasteiger partial charge on any atom is -0.462 e. The van der Waals surface area contributed by atoms with E-state index in [-0.39, 0.29) is 66.3 Å². The van der Waals surface area contributed by atoms with Gasteiger partial charge in [0.05, 0.1) is 30.0 Å². The molecule has 1 N–H and O–H groups in total. The van der Waals surface area contributed by atoms with Crippen LogP contribution in [0.2, 0.25) is 0 Å². The van der Waals surface area contributed by atoms with E-state index >= 15 is 0 Å². The van der Waals surface area contributed by atoms with Gasteiger partial charge in [-0.05, 0) is 111 Å². The molecule has 2 bridgehead atoms. The zero-order valence-electron chi connectivity index (χ0n) is 43.5. The zero-order chi connectivity index (χ0) is 47.7. The first-order valence-electron chi connectivity index (χ1n) is 25.7. The fraction of sp³-hybridized carbons (Fsp3) is 0.741. The molecule has 6 heteroatoms. The molecule has 0 aliphatic carbocycles. The van der Waals surface area contributed by atoms with Crippen LogP contribution in [-0.2, 0) is 23.7 Å². The van der Waals surface area contributed by atoms with Gasteiger partial charge < -0.3 is 24.1 Å². The summed E-state index contributed by atoms with van der Waals surface area (Å²) in [7, 11) is 0. The molecule has 3 aliphatic rings. The van der Waals surface area contributed by atoms with Crippen LogP contribution < -0.4 is 0 Å². The summed E-state index contributed by atoms with van der Waals surface area (Å²) in [4.78, 5) is 13.1. The molecular weight excluding hydrogens is 793 g/mol. The Morgan fingerprint density at radius 2 is 1.09 bits per heavy atom. The largest absolute Gasteiger partial charge is 0.462 e. The lowest BCUT2D eigenvalue weighted by Crippen LogP contribution is -2.58. The van der Waals surface area contributed by atoms with Gasteiger partial charge >= 0.3 is 5.97 Å². The fourth-order valence-corrected chi connectivity index (χ4v) is 10.6. The molecule has 3 aliphatic heterocycles. The molecule has 3 heterocycles. The average molecular weight is 889 g/mol. The Bertz CT molecular complexity index is 1570. The Morgan fingerprint density at radius 3 is 1.69 bits per heavy atom. The summed E-state index contributed by atoms with van der Waals surface area (Å²) in [6.07, 6.45) is 34.2. The molecule has 7 unspecified atom stereocenters. The summed E-state index contributed by atoms with van der Waals surface area (Å²) in [6.45, 7) is 36.0. The molecule has 20 atom stereocenters. The third-order valence-corrected chi connectivity index (χ3v) is 16.5. The maximum absolute atomic E-state index is 13.1. The number of cyclic esters (lactones) is 1. The van der Waals surface area contributed by atoms with Crippen molar-refractivity contribution < 1.29 is 28.8 Å². The molecule has 6 nitrogen and oxygen atoms in total. The molecule has 64 heavy (non-hydrogen) atoms. The van der Waals surface area contributed by atoms with Crippen LogP contribution in [0.3, 0.4) is 0 Å². The van der Waals surface area contributed by atoms with E-state index in [9.17, 15) is 9.90 Å². The highest BCUT2D eigenvalue weighted by atomic mass is 16.7. The first-order valence-corrected chi connectivity index (χ1v) is 25.7. The number of hydrogen-bond donors (Lipinski definition) is 1. The number of carbonyl (C=O) groups excluding carboxylic acids is 1. The third-order valence-electron chi connectivity index (χ3n) is 16.5. The van der Waals surface area contributed by atoms with Gasteiger partial charge in [-0.15, -0.1) is 0 Å². The first kappa shape index (κ1) is 55.8. The van der Waals surface area contributed by atoms with Crippen molar-refractivity contribution in [3.8, 4) is 0 Å². The summed E-state index contributed by atoms with van der Waals surface area (Å²) >= 11 is 0. The number of aliphatic hydroxyl groups is 1. The molecule has 2 fully saturated rings. The zero-order valence-corrected chi connectivity index (χ0v) is 43.5. The minimum atomic E-state index is -0.658. The Kier molecular flexibility index (Phi) is 23.8. The van der Waals surface area contributed by atoms with Crippen molar-refractivity contribution in [3.63, 3.8) is 0 Å². The van der Waals surface area contributed by atoms with Gasteiger partial charge in [0.25, 0.3) is 0 Å². The number of carbonyl (C=O) groups is 1. The third kappa shape index (κ3) is 17.6. The maximum atomic E-state index is 13.1. The van der Waals surface area contributed by atoms with Crippen molar-refractivity contribution in [2.45, 2.75) is 198 Å². The van der Waals surface area contributed by atoms with Gasteiger partial charge in [0, 0.05) is 18.8 Å². The van der Waals surface area contributed by atoms with Crippen LogP contribution in [0, 0.1) is 76.9 Å². The van der Waals surface area contributed by atoms with Crippen LogP contribution in [0.1, 0.15) is 156 Å². The molecule has 0 aromatic rings. The van der Waals surface area contributed by atoms with Crippen LogP contribution in [-0.4, -0.2) is 53.5 Å². The number of rotatable bonds is 2. The first-order chi connectivity index (χ1) is 30.1.